The van der Waals surface area contributed by atoms with Crippen molar-refractivity contribution >= 4 is 23.6 Å². The van der Waals surface area contributed by atoms with Crippen molar-refractivity contribution in [2.24, 2.45) is 5.92 Å². The SMILES string of the molecule is C#CCN(CC1CC1)c1cccc(Cl)c1C=O. The van der Waals surface area contributed by atoms with Gasteiger partial charge < -0.3 is 4.90 Å². The van der Waals surface area contributed by atoms with Gasteiger partial charge >= 0.3 is 0 Å². The van der Waals surface area contributed by atoms with Crippen LogP contribution >= 0.6 is 11.6 Å². The first-order valence-electron chi connectivity index (χ1n) is 5.68. The molecule has 0 unspecified atom stereocenters. The average Bonchev–Trinajstić information content (AvgIpc) is 3.12. The molecule has 0 aliphatic heterocycles. The summed E-state index contributed by atoms with van der Waals surface area (Å²) >= 11 is 6.02. The van der Waals surface area contributed by atoms with Crippen LogP contribution in [0.3, 0.4) is 0 Å². The van der Waals surface area contributed by atoms with Crippen molar-refractivity contribution in [2.75, 3.05) is 18.0 Å². The minimum atomic E-state index is 0.482. The fourth-order valence-corrected chi connectivity index (χ4v) is 2.10. The summed E-state index contributed by atoms with van der Waals surface area (Å²) in [6.45, 7) is 1.42. The molecule has 2 nitrogen and oxygen atoms in total. The second kappa shape index (κ2) is 5.25. The van der Waals surface area contributed by atoms with Gasteiger partial charge in [-0.1, -0.05) is 23.6 Å². The maximum absolute atomic E-state index is 11.1. The number of hydrogen-bond acceptors (Lipinski definition) is 2. The molecule has 1 saturated carbocycles. The van der Waals surface area contributed by atoms with Crippen LogP contribution < -0.4 is 4.90 Å². The maximum Gasteiger partial charge on any atom is 0.153 e. The molecule has 0 atom stereocenters. The number of nitrogens with zero attached hydrogens (tertiary/aromatic N) is 1. The van der Waals surface area contributed by atoms with Gasteiger partial charge in [0.1, 0.15) is 0 Å². The number of carbonyl (C=O) groups excluding carboxylic acids is 1. The van der Waals surface area contributed by atoms with Crippen LogP contribution in [0.4, 0.5) is 5.69 Å². The Balaban J connectivity index is 2.30. The third kappa shape index (κ3) is 2.81. The highest BCUT2D eigenvalue weighted by atomic mass is 35.5. The lowest BCUT2D eigenvalue weighted by Crippen LogP contribution is -2.27. The first-order valence-corrected chi connectivity index (χ1v) is 6.06. The molecule has 0 saturated heterocycles. The van der Waals surface area contributed by atoms with E-state index in [1.807, 2.05) is 12.1 Å². The number of aldehydes is 1. The molecular formula is C14H14ClNO. The van der Waals surface area contributed by atoms with Gasteiger partial charge in [0.25, 0.3) is 0 Å². The molecule has 17 heavy (non-hydrogen) atoms. The zero-order valence-electron chi connectivity index (χ0n) is 9.53. The van der Waals surface area contributed by atoms with Crippen molar-refractivity contribution in [3.05, 3.63) is 28.8 Å². The van der Waals surface area contributed by atoms with E-state index in [1.165, 1.54) is 12.8 Å². The van der Waals surface area contributed by atoms with Gasteiger partial charge in [0.15, 0.2) is 6.29 Å². The number of hydrogen-bond donors (Lipinski definition) is 0. The van der Waals surface area contributed by atoms with Crippen LogP contribution in [0.2, 0.25) is 5.02 Å². The van der Waals surface area contributed by atoms with Crippen molar-refractivity contribution < 1.29 is 4.79 Å². The highest BCUT2D eigenvalue weighted by Crippen LogP contribution is 2.33. The van der Waals surface area contributed by atoms with E-state index in [0.717, 1.165) is 18.5 Å². The molecule has 88 valence electrons. The molecule has 3 heteroatoms. The van der Waals surface area contributed by atoms with E-state index in [2.05, 4.69) is 10.8 Å². The number of halogens is 1. The van der Waals surface area contributed by atoms with Crippen LogP contribution in [0.25, 0.3) is 0 Å². The molecule has 0 radical (unpaired) electrons. The van der Waals surface area contributed by atoms with Crippen LogP contribution in [-0.4, -0.2) is 19.4 Å². The number of terminal acetylenes is 1. The van der Waals surface area contributed by atoms with Crippen molar-refractivity contribution in [3.63, 3.8) is 0 Å². The van der Waals surface area contributed by atoms with Crippen LogP contribution in [0.15, 0.2) is 18.2 Å². The van der Waals surface area contributed by atoms with Gasteiger partial charge in [-0.15, -0.1) is 6.42 Å². The van der Waals surface area contributed by atoms with E-state index in [-0.39, 0.29) is 0 Å². The van der Waals surface area contributed by atoms with Crippen molar-refractivity contribution in [1.29, 1.82) is 0 Å². The molecule has 2 rings (SSSR count). The fraction of sp³-hybridized carbons (Fsp3) is 0.357. The fourth-order valence-electron chi connectivity index (χ4n) is 1.89. The zero-order chi connectivity index (χ0) is 12.3. The lowest BCUT2D eigenvalue weighted by molar-refractivity contribution is 0.112. The molecule has 0 heterocycles. The summed E-state index contributed by atoms with van der Waals surface area (Å²) in [6, 6.07) is 5.47. The summed E-state index contributed by atoms with van der Waals surface area (Å²) in [5.41, 5.74) is 1.38. The molecule has 1 fully saturated rings. The Labute approximate surface area is 107 Å². The molecule has 0 N–H and O–H groups in total. The third-order valence-corrected chi connectivity index (χ3v) is 3.28. The largest absolute Gasteiger partial charge is 0.359 e. The Hall–Kier alpha value is -1.46. The van der Waals surface area contributed by atoms with Crippen LogP contribution in [0.5, 0.6) is 0 Å². The highest BCUT2D eigenvalue weighted by Gasteiger charge is 2.25. The Kier molecular flexibility index (Phi) is 3.71. The topological polar surface area (TPSA) is 20.3 Å². The quantitative estimate of drug-likeness (QED) is 0.589. The number of carbonyl (C=O) groups is 1. The van der Waals surface area contributed by atoms with Crippen LogP contribution in [0.1, 0.15) is 23.2 Å². The van der Waals surface area contributed by atoms with Crippen molar-refractivity contribution in [2.45, 2.75) is 12.8 Å². The van der Waals surface area contributed by atoms with Gasteiger partial charge in [0, 0.05) is 12.2 Å². The van der Waals surface area contributed by atoms with E-state index >= 15 is 0 Å². The molecule has 1 aliphatic carbocycles. The van der Waals surface area contributed by atoms with Crippen LogP contribution in [0, 0.1) is 18.3 Å². The van der Waals surface area contributed by atoms with E-state index in [4.69, 9.17) is 18.0 Å². The molecule has 1 aromatic rings. The first kappa shape index (κ1) is 12.0. The summed E-state index contributed by atoms with van der Waals surface area (Å²) in [5, 5.41) is 0.482. The normalized spacial score (nSPS) is 14.1. The Morgan fingerprint density at radius 1 is 1.53 bits per heavy atom. The highest BCUT2D eigenvalue weighted by molar-refractivity contribution is 6.33. The monoisotopic (exact) mass is 247 g/mol. The average molecular weight is 248 g/mol. The Bertz CT molecular complexity index is 460. The lowest BCUT2D eigenvalue weighted by atomic mass is 10.1. The van der Waals surface area contributed by atoms with Gasteiger partial charge in [0.05, 0.1) is 17.1 Å². The summed E-state index contributed by atoms with van der Waals surface area (Å²) < 4.78 is 0. The van der Waals surface area contributed by atoms with Gasteiger partial charge in [-0.3, -0.25) is 4.79 Å². The first-order chi connectivity index (χ1) is 8.26. The Morgan fingerprint density at radius 3 is 2.88 bits per heavy atom. The summed E-state index contributed by atoms with van der Waals surface area (Å²) in [7, 11) is 0. The molecule has 0 amide bonds. The van der Waals surface area contributed by atoms with Gasteiger partial charge in [-0.2, -0.15) is 0 Å². The predicted octanol–water partition coefficient (Wildman–Crippen LogP) is 3.00. The second-order valence-corrected chi connectivity index (χ2v) is 4.73. The standard InChI is InChI=1S/C14H14ClNO/c1-2-8-16(9-11-6-7-11)14-5-3-4-13(15)12(14)10-17/h1,3-5,10-11H,6-9H2. The summed E-state index contributed by atoms with van der Waals surface area (Å²) in [4.78, 5) is 13.2. The van der Waals surface area contributed by atoms with Gasteiger partial charge in [0.2, 0.25) is 0 Å². The summed E-state index contributed by atoms with van der Waals surface area (Å²) in [6.07, 6.45) is 8.68. The smallest absolute Gasteiger partial charge is 0.153 e. The molecule has 0 spiro atoms. The molecule has 0 bridgehead atoms. The van der Waals surface area contributed by atoms with E-state index < -0.39 is 0 Å². The second-order valence-electron chi connectivity index (χ2n) is 4.32. The third-order valence-electron chi connectivity index (χ3n) is 2.95. The van der Waals surface area contributed by atoms with E-state index in [0.29, 0.717) is 23.0 Å². The molecular weight excluding hydrogens is 234 g/mol. The van der Waals surface area contributed by atoms with E-state index in [9.17, 15) is 4.79 Å². The minimum absolute atomic E-state index is 0.482. The number of rotatable bonds is 5. The van der Waals surface area contributed by atoms with Gasteiger partial charge in [-0.05, 0) is 30.9 Å². The van der Waals surface area contributed by atoms with E-state index in [1.54, 1.807) is 6.07 Å². The molecule has 0 aromatic heterocycles. The summed E-state index contributed by atoms with van der Waals surface area (Å²) in [5.74, 6) is 3.35. The number of benzene rings is 1. The minimum Gasteiger partial charge on any atom is -0.359 e. The molecule has 1 aromatic carbocycles. The molecule has 1 aliphatic rings. The van der Waals surface area contributed by atoms with Crippen molar-refractivity contribution in [1.82, 2.24) is 0 Å². The van der Waals surface area contributed by atoms with Crippen molar-refractivity contribution in [3.8, 4) is 12.3 Å². The number of anilines is 1. The maximum atomic E-state index is 11.1. The Morgan fingerprint density at radius 2 is 2.29 bits per heavy atom. The zero-order valence-corrected chi connectivity index (χ0v) is 10.3. The predicted molar refractivity (Wildman–Crippen MR) is 70.6 cm³/mol. The lowest BCUT2D eigenvalue weighted by Gasteiger charge is -2.24. The van der Waals surface area contributed by atoms with Gasteiger partial charge in [-0.25, -0.2) is 0 Å². The van der Waals surface area contributed by atoms with Crippen LogP contribution in [-0.2, 0) is 0 Å².